The quantitative estimate of drug-likeness (QED) is 0.776. The highest BCUT2D eigenvalue weighted by Crippen LogP contribution is 2.47. The summed E-state index contributed by atoms with van der Waals surface area (Å²) in [6, 6.07) is 6.80. The minimum atomic E-state index is -3.35. The lowest BCUT2D eigenvalue weighted by molar-refractivity contribution is 0.265. The van der Waals surface area contributed by atoms with Gasteiger partial charge in [0.25, 0.3) is 5.56 Å². The third-order valence-corrected chi connectivity index (χ3v) is 4.22. The SMILES string of the molecule is COP(=O)(Cn1nnc2ccccc2c1=O)OC. The maximum absolute atomic E-state index is 12.1. The number of hydrogen-bond donors (Lipinski definition) is 0. The van der Waals surface area contributed by atoms with E-state index in [2.05, 4.69) is 10.3 Å². The van der Waals surface area contributed by atoms with Crippen LogP contribution in [0.3, 0.4) is 0 Å². The lowest BCUT2D eigenvalue weighted by Crippen LogP contribution is -2.24. The Bertz CT molecular complexity index is 661. The molecule has 2 aromatic rings. The van der Waals surface area contributed by atoms with Gasteiger partial charge in [-0.25, -0.2) is 0 Å². The molecule has 0 fully saturated rings. The van der Waals surface area contributed by atoms with Gasteiger partial charge in [0.1, 0.15) is 11.8 Å². The normalized spacial score (nSPS) is 11.9. The summed E-state index contributed by atoms with van der Waals surface area (Å²) >= 11 is 0. The smallest absolute Gasteiger partial charge is 0.311 e. The van der Waals surface area contributed by atoms with Gasteiger partial charge < -0.3 is 9.05 Å². The maximum Gasteiger partial charge on any atom is 0.351 e. The second-order valence-electron chi connectivity index (χ2n) is 3.53. The van der Waals surface area contributed by atoms with Gasteiger partial charge in [-0.05, 0) is 12.1 Å². The van der Waals surface area contributed by atoms with Gasteiger partial charge >= 0.3 is 7.60 Å². The van der Waals surface area contributed by atoms with Gasteiger partial charge in [-0.3, -0.25) is 9.36 Å². The van der Waals surface area contributed by atoms with Gasteiger partial charge in [0, 0.05) is 14.2 Å². The van der Waals surface area contributed by atoms with Gasteiger partial charge in [-0.1, -0.05) is 17.3 Å². The Hall–Kier alpha value is -1.56. The van der Waals surface area contributed by atoms with Gasteiger partial charge in [-0.15, -0.1) is 5.10 Å². The standard InChI is InChI=1S/C10H12N3O4P/c1-16-18(15,17-2)7-13-10(14)8-5-3-4-6-9(8)11-12-13/h3-6H,7H2,1-2H3. The van der Waals surface area contributed by atoms with Crippen LogP contribution in [0.15, 0.2) is 29.1 Å². The Balaban J connectivity index is 2.50. The van der Waals surface area contributed by atoms with E-state index in [-0.39, 0.29) is 11.8 Å². The molecule has 0 amide bonds. The van der Waals surface area contributed by atoms with Crippen LogP contribution in [0.4, 0.5) is 0 Å². The fraction of sp³-hybridized carbons (Fsp3) is 0.300. The molecule has 2 rings (SSSR count). The van der Waals surface area contributed by atoms with Crippen molar-refractivity contribution in [3.05, 3.63) is 34.6 Å². The molecule has 8 heteroatoms. The highest BCUT2D eigenvalue weighted by atomic mass is 31.2. The fourth-order valence-corrected chi connectivity index (χ4v) is 2.36. The largest absolute Gasteiger partial charge is 0.351 e. The van der Waals surface area contributed by atoms with Crippen LogP contribution in [-0.2, 0) is 19.9 Å². The summed E-state index contributed by atoms with van der Waals surface area (Å²) in [7, 11) is -0.840. The summed E-state index contributed by atoms with van der Waals surface area (Å²) in [4.78, 5) is 12.1. The predicted octanol–water partition coefficient (Wildman–Crippen LogP) is 1.23. The third kappa shape index (κ3) is 2.33. The summed E-state index contributed by atoms with van der Waals surface area (Å²) in [6.45, 7) is 0. The van der Waals surface area contributed by atoms with Crippen molar-refractivity contribution < 1.29 is 13.6 Å². The molecule has 1 aromatic carbocycles. The van der Waals surface area contributed by atoms with E-state index in [1.165, 1.54) is 14.2 Å². The van der Waals surface area contributed by atoms with Gasteiger partial charge in [0.2, 0.25) is 0 Å². The second kappa shape index (κ2) is 4.97. The minimum Gasteiger partial charge on any atom is -0.311 e. The van der Waals surface area contributed by atoms with E-state index in [1.54, 1.807) is 24.3 Å². The lowest BCUT2D eigenvalue weighted by atomic mass is 10.2. The van der Waals surface area contributed by atoms with Crippen molar-refractivity contribution in [1.82, 2.24) is 15.0 Å². The van der Waals surface area contributed by atoms with E-state index in [9.17, 15) is 9.36 Å². The highest BCUT2D eigenvalue weighted by molar-refractivity contribution is 7.52. The molecule has 1 aromatic heterocycles. The molecule has 1 heterocycles. The lowest BCUT2D eigenvalue weighted by Gasteiger charge is -2.13. The molecule has 18 heavy (non-hydrogen) atoms. The molecule has 0 aliphatic heterocycles. The third-order valence-electron chi connectivity index (χ3n) is 2.49. The Morgan fingerprint density at radius 1 is 1.28 bits per heavy atom. The van der Waals surface area contributed by atoms with Crippen LogP contribution in [0.5, 0.6) is 0 Å². The first kappa shape index (κ1) is 12.9. The van der Waals surface area contributed by atoms with Crippen LogP contribution >= 0.6 is 7.60 Å². The Labute approximate surface area is 103 Å². The van der Waals surface area contributed by atoms with Crippen molar-refractivity contribution >= 4 is 18.5 Å². The molecular weight excluding hydrogens is 257 g/mol. The van der Waals surface area contributed by atoms with Crippen LogP contribution in [0.1, 0.15) is 0 Å². The molecule has 0 bridgehead atoms. The van der Waals surface area contributed by atoms with Crippen molar-refractivity contribution in [2.45, 2.75) is 6.29 Å². The Morgan fingerprint density at radius 3 is 2.61 bits per heavy atom. The van der Waals surface area contributed by atoms with Crippen LogP contribution in [0, 0.1) is 0 Å². The van der Waals surface area contributed by atoms with E-state index >= 15 is 0 Å². The van der Waals surface area contributed by atoms with E-state index in [4.69, 9.17) is 9.05 Å². The molecule has 0 saturated heterocycles. The van der Waals surface area contributed by atoms with Crippen LogP contribution in [0.25, 0.3) is 10.9 Å². The molecule has 0 N–H and O–H groups in total. The Morgan fingerprint density at radius 2 is 1.94 bits per heavy atom. The first-order valence-electron chi connectivity index (χ1n) is 5.13. The molecule has 7 nitrogen and oxygen atoms in total. The highest BCUT2D eigenvalue weighted by Gasteiger charge is 2.23. The molecule has 0 spiro atoms. The zero-order chi connectivity index (χ0) is 13.2. The zero-order valence-corrected chi connectivity index (χ0v) is 10.8. The van der Waals surface area contributed by atoms with Gasteiger partial charge in [0.15, 0.2) is 0 Å². The number of rotatable bonds is 4. The van der Waals surface area contributed by atoms with Crippen LogP contribution in [-0.4, -0.2) is 29.2 Å². The van der Waals surface area contributed by atoms with E-state index in [0.717, 1.165) is 4.68 Å². The van der Waals surface area contributed by atoms with Gasteiger partial charge in [0.05, 0.1) is 5.39 Å². The van der Waals surface area contributed by atoms with E-state index in [1.807, 2.05) is 0 Å². The number of nitrogens with zero attached hydrogens (tertiary/aromatic N) is 3. The summed E-state index contributed by atoms with van der Waals surface area (Å²) in [5.41, 5.74) is 0.110. The Kier molecular flexibility index (Phi) is 3.56. The summed E-state index contributed by atoms with van der Waals surface area (Å²) in [6.07, 6.45) is -0.267. The van der Waals surface area contributed by atoms with E-state index < -0.39 is 7.60 Å². The molecule has 0 radical (unpaired) electrons. The number of hydrogen-bond acceptors (Lipinski definition) is 6. The monoisotopic (exact) mass is 269 g/mol. The second-order valence-corrected chi connectivity index (χ2v) is 5.76. The van der Waals surface area contributed by atoms with Crippen molar-refractivity contribution in [2.24, 2.45) is 0 Å². The summed E-state index contributed by atoms with van der Waals surface area (Å²) in [5.74, 6) is 0. The zero-order valence-electron chi connectivity index (χ0n) is 9.94. The molecule has 0 aliphatic rings. The molecule has 0 saturated carbocycles. The number of benzene rings is 1. The molecule has 96 valence electrons. The minimum absolute atomic E-state index is 0.267. The topological polar surface area (TPSA) is 83.3 Å². The molecule has 0 atom stereocenters. The average Bonchev–Trinajstić information content (AvgIpc) is 2.42. The molecular formula is C10H12N3O4P. The van der Waals surface area contributed by atoms with Crippen molar-refractivity contribution in [2.75, 3.05) is 14.2 Å². The number of fused-ring (bicyclic) bond motifs is 1. The maximum atomic E-state index is 12.1. The predicted molar refractivity (Wildman–Crippen MR) is 65.4 cm³/mol. The van der Waals surface area contributed by atoms with Gasteiger partial charge in [-0.2, -0.15) is 4.68 Å². The van der Waals surface area contributed by atoms with Crippen molar-refractivity contribution in [3.63, 3.8) is 0 Å². The van der Waals surface area contributed by atoms with Crippen molar-refractivity contribution in [3.8, 4) is 0 Å². The van der Waals surface area contributed by atoms with E-state index in [0.29, 0.717) is 10.9 Å². The summed E-state index contributed by atoms with van der Waals surface area (Å²) in [5, 5.41) is 7.99. The fourth-order valence-electron chi connectivity index (χ4n) is 1.47. The van der Waals surface area contributed by atoms with Crippen LogP contribution < -0.4 is 5.56 Å². The summed E-state index contributed by atoms with van der Waals surface area (Å²) < 4.78 is 22.4. The number of aromatic nitrogens is 3. The van der Waals surface area contributed by atoms with Crippen molar-refractivity contribution in [1.29, 1.82) is 0 Å². The average molecular weight is 269 g/mol. The van der Waals surface area contributed by atoms with Crippen LogP contribution in [0.2, 0.25) is 0 Å². The first-order chi connectivity index (χ1) is 8.59. The first-order valence-corrected chi connectivity index (χ1v) is 6.85. The molecule has 0 aliphatic carbocycles. The molecule has 0 unspecified atom stereocenters.